The van der Waals surface area contributed by atoms with E-state index in [2.05, 4.69) is 4.98 Å². The molecule has 0 aromatic carbocycles. The fourth-order valence-corrected chi connectivity index (χ4v) is 0.639. The fraction of sp³-hybridized carbons (Fsp3) is 0.286. The van der Waals surface area contributed by atoms with E-state index in [9.17, 15) is 4.79 Å². The first kappa shape index (κ1) is 11.4. The van der Waals surface area contributed by atoms with Gasteiger partial charge in [-0.15, -0.1) is 6.92 Å². The molecule has 54 valence electrons. The van der Waals surface area contributed by atoms with E-state index in [-0.39, 0.29) is 57.1 Å². The van der Waals surface area contributed by atoms with Gasteiger partial charge in [0.15, 0.2) is 0 Å². The van der Waals surface area contributed by atoms with Crippen molar-refractivity contribution >= 4 is 0 Å². The quantitative estimate of drug-likeness (QED) is 0.346. The second kappa shape index (κ2) is 5.11. The van der Waals surface area contributed by atoms with E-state index < -0.39 is 0 Å². The summed E-state index contributed by atoms with van der Waals surface area (Å²) in [6, 6.07) is 1.79. The number of aryl methyl sites for hydroxylation is 1. The fourth-order valence-electron chi connectivity index (χ4n) is 0.639. The Kier molecular flexibility index (Phi) is 5.29. The molecule has 3 nitrogen and oxygen atoms in total. The number of rotatable bonds is 1. The molecule has 0 radical (unpaired) electrons. The number of nitrogens with zero attached hydrogens (tertiary/aromatic N) is 2. The van der Waals surface area contributed by atoms with E-state index in [1.165, 1.54) is 4.57 Å². The SMILES string of the molecule is C[CH-]c1ccn(C)c(=O)n1.[K+]. The second-order valence-corrected chi connectivity index (χ2v) is 2.03. The third kappa shape index (κ3) is 3.09. The largest absolute Gasteiger partial charge is 1.00 e. The summed E-state index contributed by atoms with van der Waals surface area (Å²) in [6.07, 6.45) is 3.49. The summed E-state index contributed by atoms with van der Waals surface area (Å²) in [4.78, 5) is 14.6. The minimum absolute atomic E-state index is 0. The van der Waals surface area contributed by atoms with Crippen LogP contribution in [0.3, 0.4) is 0 Å². The molecular formula is C7H9KN2O. The van der Waals surface area contributed by atoms with Crippen LogP contribution in [0.5, 0.6) is 0 Å². The van der Waals surface area contributed by atoms with E-state index in [4.69, 9.17) is 0 Å². The van der Waals surface area contributed by atoms with Gasteiger partial charge in [0.25, 0.3) is 0 Å². The molecule has 0 saturated carbocycles. The van der Waals surface area contributed by atoms with Crippen molar-refractivity contribution in [3.63, 3.8) is 0 Å². The molecule has 1 aromatic heterocycles. The van der Waals surface area contributed by atoms with Crippen LogP contribution in [0.15, 0.2) is 17.1 Å². The Bertz CT molecular complexity index is 282. The van der Waals surface area contributed by atoms with Crippen LogP contribution in [0, 0.1) is 6.42 Å². The van der Waals surface area contributed by atoms with Crippen LogP contribution in [-0.4, -0.2) is 9.55 Å². The van der Waals surface area contributed by atoms with Gasteiger partial charge >= 0.3 is 57.1 Å². The molecule has 0 atom stereocenters. The van der Waals surface area contributed by atoms with Crippen LogP contribution < -0.4 is 57.1 Å². The number of hydrogen-bond donors (Lipinski definition) is 0. The Hall–Kier alpha value is 0.386. The molecule has 0 amide bonds. The molecule has 0 aliphatic heterocycles. The van der Waals surface area contributed by atoms with Gasteiger partial charge in [-0.05, 0) is 0 Å². The van der Waals surface area contributed by atoms with Crippen LogP contribution in [-0.2, 0) is 7.05 Å². The number of aromatic nitrogens is 2. The van der Waals surface area contributed by atoms with Gasteiger partial charge in [-0.25, -0.2) is 16.2 Å². The van der Waals surface area contributed by atoms with Crippen LogP contribution in [0.2, 0.25) is 0 Å². The minimum atomic E-state index is -0.212. The molecule has 0 aliphatic carbocycles. The zero-order valence-corrected chi connectivity index (χ0v) is 10.2. The van der Waals surface area contributed by atoms with Gasteiger partial charge in [-0.2, -0.15) is 6.07 Å². The van der Waals surface area contributed by atoms with Gasteiger partial charge in [0.1, 0.15) is 0 Å². The summed E-state index contributed by atoms with van der Waals surface area (Å²) in [7, 11) is 1.68. The van der Waals surface area contributed by atoms with E-state index in [1.54, 1.807) is 25.7 Å². The third-order valence-electron chi connectivity index (χ3n) is 1.29. The first-order valence-corrected chi connectivity index (χ1v) is 3.07. The topological polar surface area (TPSA) is 34.9 Å². The molecule has 0 aliphatic rings. The Morgan fingerprint density at radius 3 is 2.73 bits per heavy atom. The molecule has 0 fully saturated rings. The van der Waals surface area contributed by atoms with Crippen LogP contribution in [0.4, 0.5) is 0 Å². The maximum atomic E-state index is 10.8. The third-order valence-corrected chi connectivity index (χ3v) is 1.29. The maximum absolute atomic E-state index is 10.8. The summed E-state index contributed by atoms with van der Waals surface area (Å²) >= 11 is 0. The number of hydrogen-bond acceptors (Lipinski definition) is 2. The van der Waals surface area contributed by atoms with Crippen molar-refractivity contribution in [3.05, 3.63) is 34.9 Å². The van der Waals surface area contributed by atoms with Crippen LogP contribution >= 0.6 is 0 Å². The van der Waals surface area contributed by atoms with Crippen molar-refractivity contribution in [2.24, 2.45) is 7.05 Å². The molecule has 0 N–H and O–H groups in total. The van der Waals surface area contributed by atoms with Gasteiger partial charge in [-0.1, -0.05) is 11.9 Å². The summed E-state index contributed by atoms with van der Waals surface area (Å²) in [5.41, 5.74) is 0.513. The Morgan fingerprint density at radius 1 is 1.64 bits per heavy atom. The van der Waals surface area contributed by atoms with Crippen molar-refractivity contribution in [1.82, 2.24) is 9.55 Å². The van der Waals surface area contributed by atoms with Crippen molar-refractivity contribution in [2.45, 2.75) is 6.92 Å². The first-order chi connectivity index (χ1) is 4.74. The van der Waals surface area contributed by atoms with Gasteiger partial charge in [0, 0.05) is 7.05 Å². The van der Waals surface area contributed by atoms with E-state index in [0.29, 0.717) is 0 Å². The van der Waals surface area contributed by atoms with Crippen molar-refractivity contribution < 1.29 is 51.4 Å². The molecular weight excluding hydrogens is 167 g/mol. The molecule has 1 rings (SSSR count). The molecule has 4 heteroatoms. The van der Waals surface area contributed by atoms with Gasteiger partial charge < -0.3 is 4.57 Å². The Balaban J connectivity index is 0.000001000. The minimum Gasteiger partial charge on any atom is -0.320 e. The van der Waals surface area contributed by atoms with Crippen molar-refractivity contribution in [1.29, 1.82) is 0 Å². The summed E-state index contributed by atoms with van der Waals surface area (Å²) < 4.78 is 1.44. The predicted octanol–water partition coefficient (Wildman–Crippen LogP) is -2.64. The first-order valence-electron chi connectivity index (χ1n) is 3.07. The molecule has 0 saturated heterocycles. The average molecular weight is 176 g/mol. The molecule has 1 aromatic rings. The maximum Gasteiger partial charge on any atom is 1.00 e. The molecule has 0 bridgehead atoms. The Morgan fingerprint density at radius 2 is 2.27 bits per heavy atom. The molecule has 11 heavy (non-hydrogen) atoms. The smallest absolute Gasteiger partial charge is 0.320 e. The molecule has 0 spiro atoms. The van der Waals surface area contributed by atoms with Gasteiger partial charge in [0.05, 0.1) is 0 Å². The van der Waals surface area contributed by atoms with Gasteiger partial charge in [-0.3, -0.25) is 0 Å². The van der Waals surface area contributed by atoms with Gasteiger partial charge in [0.2, 0.25) is 0 Å². The summed E-state index contributed by atoms with van der Waals surface area (Å²) in [5.74, 6) is 0. The molecule has 0 unspecified atom stereocenters. The van der Waals surface area contributed by atoms with Crippen LogP contribution in [0.1, 0.15) is 12.6 Å². The zero-order valence-electron chi connectivity index (χ0n) is 7.03. The van der Waals surface area contributed by atoms with E-state index >= 15 is 0 Å². The second-order valence-electron chi connectivity index (χ2n) is 2.03. The molecule has 1 heterocycles. The van der Waals surface area contributed by atoms with E-state index in [1.807, 2.05) is 6.92 Å². The summed E-state index contributed by atoms with van der Waals surface area (Å²) in [6.45, 7) is 1.85. The van der Waals surface area contributed by atoms with Crippen LogP contribution in [0.25, 0.3) is 0 Å². The zero-order chi connectivity index (χ0) is 7.56. The van der Waals surface area contributed by atoms with Crippen molar-refractivity contribution in [3.8, 4) is 0 Å². The predicted molar refractivity (Wildman–Crippen MR) is 38.6 cm³/mol. The van der Waals surface area contributed by atoms with E-state index in [0.717, 1.165) is 5.69 Å². The van der Waals surface area contributed by atoms with Crippen molar-refractivity contribution in [2.75, 3.05) is 0 Å². The standard InChI is InChI=1S/C7H9N2O.K/c1-3-6-4-5-9(2)7(10)8-6;/h3-5H,1-2H3;/q-1;+1. The monoisotopic (exact) mass is 176 g/mol. The average Bonchev–Trinajstić information content (AvgIpc) is 1.95. The normalized spacial score (nSPS) is 8.55. The Labute approximate surface area is 108 Å². The summed E-state index contributed by atoms with van der Waals surface area (Å²) in [5, 5.41) is 0.